The minimum absolute atomic E-state index is 0.115. The maximum Gasteiger partial charge on any atom is 0.240 e. The molecular weight excluding hydrogens is 315 g/mol. The molecule has 130 valence electrons. The van der Waals surface area contributed by atoms with Gasteiger partial charge in [0, 0.05) is 25.2 Å². The molecule has 4 heteroatoms. The van der Waals surface area contributed by atoms with Crippen molar-refractivity contribution in [1.29, 1.82) is 0 Å². The first-order chi connectivity index (χ1) is 12.2. The van der Waals surface area contributed by atoms with Gasteiger partial charge in [0.15, 0.2) is 0 Å². The number of carbonyl (C=O) groups excluding carboxylic acids is 1. The summed E-state index contributed by atoms with van der Waals surface area (Å²) < 4.78 is 14.0. The standard InChI is InChI=1S/C21H23FN2O/c22-19-9-5-4-8-18(19)15-23-11-10-17-12-20(23)21(25)24(14-17)13-16-6-2-1-3-7-16/h1-9,17,20H,10-15H2/t17-,20+/m0/s1. The molecule has 2 fully saturated rings. The third-order valence-corrected chi connectivity index (χ3v) is 5.44. The number of hydrogen-bond donors (Lipinski definition) is 0. The average Bonchev–Trinajstić information content (AvgIpc) is 2.64. The van der Waals surface area contributed by atoms with Crippen LogP contribution in [0.3, 0.4) is 0 Å². The molecular formula is C21H23FN2O. The first-order valence-electron chi connectivity index (χ1n) is 9.01. The van der Waals surface area contributed by atoms with E-state index < -0.39 is 0 Å². The van der Waals surface area contributed by atoms with E-state index in [0.717, 1.165) is 31.5 Å². The van der Waals surface area contributed by atoms with Gasteiger partial charge in [-0.05, 0) is 36.9 Å². The second-order valence-corrected chi connectivity index (χ2v) is 7.17. The molecule has 0 N–H and O–H groups in total. The number of nitrogens with zero attached hydrogens (tertiary/aromatic N) is 2. The van der Waals surface area contributed by atoms with Gasteiger partial charge < -0.3 is 4.90 Å². The summed E-state index contributed by atoms with van der Waals surface area (Å²) in [4.78, 5) is 17.2. The number of carbonyl (C=O) groups is 1. The van der Waals surface area contributed by atoms with Crippen LogP contribution in [-0.4, -0.2) is 34.8 Å². The molecule has 0 saturated carbocycles. The van der Waals surface area contributed by atoms with Crippen LogP contribution in [0, 0.1) is 11.7 Å². The summed E-state index contributed by atoms with van der Waals surface area (Å²) in [7, 11) is 0. The number of rotatable bonds is 4. The fourth-order valence-corrected chi connectivity index (χ4v) is 4.10. The number of amides is 1. The maximum atomic E-state index is 14.0. The Bertz CT molecular complexity index is 749. The lowest BCUT2D eigenvalue weighted by Crippen LogP contribution is -2.58. The average molecular weight is 338 g/mol. The van der Waals surface area contributed by atoms with Gasteiger partial charge in [-0.1, -0.05) is 48.5 Å². The Balaban J connectivity index is 1.50. The summed E-state index contributed by atoms with van der Waals surface area (Å²) in [6.45, 7) is 2.89. The van der Waals surface area contributed by atoms with Crippen LogP contribution in [0.15, 0.2) is 54.6 Å². The van der Waals surface area contributed by atoms with Gasteiger partial charge in [-0.3, -0.25) is 9.69 Å². The molecule has 25 heavy (non-hydrogen) atoms. The highest BCUT2D eigenvalue weighted by atomic mass is 19.1. The maximum absolute atomic E-state index is 14.0. The normalized spacial score (nSPS) is 23.7. The quantitative estimate of drug-likeness (QED) is 0.852. The van der Waals surface area contributed by atoms with Gasteiger partial charge in [-0.15, -0.1) is 0 Å². The summed E-state index contributed by atoms with van der Waals surface area (Å²) in [6, 6.07) is 16.9. The highest BCUT2D eigenvalue weighted by Gasteiger charge is 2.41. The summed E-state index contributed by atoms with van der Waals surface area (Å²) in [5, 5.41) is 0. The molecule has 2 atom stereocenters. The van der Waals surface area contributed by atoms with Crippen LogP contribution >= 0.6 is 0 Å². The van der Waals surface area contributed by atoms with Gasteiger partial charge in [-0.2, -0.15) is 0 Å². The Morgan fingerprint density at radius 3 is 2.56 bits per heavy atom. The van der Waals surface area contributed by atoms with Crippen LogP contribution in [0.1, 0.15) is 24.0 Å². The smallest absolute Gasteiger partial charge is 0.240 e. The van der Waals surface area contributed by atoms with E-state index in [1.54, 1.807) is 6.07 Å². The Morgan fingerprint density at radius 2 is 1.76 bits per heavy atom. The second kappa shape index (κ2) is 6.96. The molecule has 1 amide bonds. The zero-order chi connectivity index (χ0) is 17.2. The number of piperidine rings is 2. The first-order valence-corrected chi connectivity index (χ1v) is 9.01. The first kappa shape index (κ1) is 16.3. The Labute approximate surface area is 148 Å². The number of hydrogen-bond acceptors (Lipinski definition) is 2. The SMILES string of the molecule is O=C1[C@H]2C[C@H](CCN2Cc2ccccc2F)CN1Cc1ccccc1. The Morgan fingerprint density at radius 1 is 1.00 bits per heavy atom. The predicted molar refractivity (Wildman–Crippen MR) is 95.2 cm³/mol. The number of likely N-dealkylation sites (tertiary alicyclic amines) is 2. The van der Waals surface area contributed by atoms with Crippen molar-refractivity contribution in [2.24, 2.45) is 5.92 Å². The van der Waals surface area contributed by atoms with Gasteiger partial charge in [-0.25, -0.2) is 4.39 Å². The van der Waals surface area contributed by atoms with E-state index in [-0.39, 0.29) is 17.8 Å². The number of fused-ring (bicyclic) bond motifs is 2. The summed E-state index contributed by atoms with van der Waals surface area (Å²) in [5.74, 6) is 0.563. The van der Waals surface area contributed by atoms with E-state index >= 15 is 0 Å². The Kier molecular flexibility index (Phi) is 4.53. The molecule has 0 spiro atoms. The molecule has 0 unspecified atom stereocenters. The predicted octanol–water partition coefficient (Wildman–Crippen LogP) is 3.45. The topological polar surface area (TPSA) is 23.6 Å². The zero-order valence-electron chi connectivity index (χ0n) is 14.3. The molecule has 0 radical (unpaired) electrons. The molecule has 2 aliphatic rings. The molecule has 2 aliphatic heterocycles. The van der Waals surface area contributed by atoms with Crippen molar-refractivity contribution >= 4 is 5.91 Å². The monoisotopic (exact) mass is 338 g/mol. The van der Waals surface area contributed by atoms with Crippen LogP contribution in [0.5, 0.6) is 0 Å². The lowest BCUT2D eigenvalue weighted by molar-refractivity contribution is -0.146. The summed E-state index contributed by atoms with van der Waals surface area (Å²) in [6.07, 6.45) is 1.97. The van der Waals surface area contributed by atoms with Crippen molar-refractivity contribution in [2.45, 2.75) is 32.0 Å². The third kappa shape index (κ3) is 3.45. The molecule has 2 aromatic rings. The Hall–Kier alpha value is -2.20. The van der Waals surface area contributed by atoms with Crippen molar-refractivity contribution in [2.75, 3.05) is 13.1 Å². The van der Waals surface area contributed by atoms with Gasteiger partial charge in [0.25, 0.3) is 0 Å². The van der Waals surface area contributed by atoms with E-state index in [1.807, 2.05) is 35.2 Å². The van der Waals surface area contributed by atoms with E-state index in [4.69, 9.17) is 0 Å². The van der Waals surface area contributed by atoms with Crippen molar-refractivity contribution in [1.82, 2.24) is 9.80 Å². The second-order valence-electron chi connectivity index (χ2n) is 7.17. The van der Waals surface area contributed by atoms with Crippen LogP contribution < -0.4 is 0 Å². The van der Waals surface area contributed by atoms with E-state index in [2.05, 4.69) is 17.0 Å². The van der Waals surface area contributed by atoms with Crippen LogP contribution in [0.2, 0.25) is 0 Å². The van der Waals surface area contributed by atoms with Gasteiger partial charge in [0.1, 0.15) is 5.82 Å². The van der Waals surface area contributed by atoms with Crippen LogP contribution in [-0.2, 0) is 17.9 Å². The summed E-state index contributed by atoms with van der Waals surface area (Å²) >= 11 is 0. The van der Waals surface area contributed by atoms with Crippen LogP contribution in [0.4, 0.5) is 4.39 Å². The number of benzene rings is 2. The molecule has 3 nitrogen and oxygen atoms in total. The number of halogens is 1. The fourth-order valence-electron chi connectivity index (χ4n) is 4.10. The molecule has 2 aromatic carbocycles. The van der Waals surface area contributed by atoms with Crippen molar-refractivity contribution in [3.8, 4) is 0 Å². The van der Waals surface area contributed by atoms with Crippen molar-refractivity contribution in [3.05, 3.63) is 71.5 Å². The molecule has 0 aromatic heterocycles. The minimum Gasteiger partial charge on any atom is -0.337 e. The third-order valence-electron chi connectivity index (χ3n) is 5.44. The van der Waals surface area contributed by atoms with E-state index in [0.29, 0.717) is 24.6 Å². The zero-order valence-corrected chi connectivity index (χ0v) is 14.3. The molecule has 4 rings (SSSR count). The van der Waals surface area contributed by atoms with Gasteiger partial charge in [0.2, 0.25) is 5.91 Å². The molecule has 2 saturated heterocycles. The summed E-state index contributed by atoms with van der Waals surface area (Å²) in [5.41, 5.74) is 1.84. The minimum atomic E-state index is -0.186. The molecule has 0 aliphatic carbocycles. The van der Waals surface area contributed by atoms with Crippen molar-refractivity contribution < 1.29 is 9.18 Å². The molecule has 2 heterocycles. The van der Waals surface area contributed by atoms with Gasteiger partial charge >= 0.3 is 0 Å². The van der Waals surface area contributed by atoms with E-state index in [1.165, 1.54) is 6.07 Å². The highest BCUT2D eigenvalue weighted by molar-refractivity contribution is 5.83. The molecule has 2 bridgehead atoms. The lowest BCUT2D eigenvalue weighted by Gasteiger charge is -2.46. The lowest BCUT2D eigenvalue weighted by atomic mass is 9.85. The van der Waals surface area contributed by atoms with Gasteiger partial charge in [0.05, 0.1) is 6.04 Å². The largest absolute Gasteiger partial charge is 0.337 e. The van der Waals surface area contributed by atoms with Crippen LogP contribution in [0.25, 0.3) is 0 Å². The van der Waals surface area contributed by atoms with E-state index in [9.17, 15) is 9.18 Å². The highest BCUT2D eigenvalue weighted by Crippen LogP contribution is 2.32. The fraction of sp³-hybridized carbons (Fsp3) is 0.381. The van der Waals surface area contributed by atoms with Crippen molar-refractivity contribution in [3.63, 3.8) is 0 Å².